The first-order valence-corrected chi connectivity index (χ1v) is 7.98. The van der Waals surface area contributed by atoms with Gasteiger partial charge in [0.2, 0.25) is 0 Å². The van der Waals surface area contributed by atoms with Gasteiger partial charge in [0.05, 0.1) is 7.11 Å². The van der Waals surface area contributed by atoms with Crippen molar-refractivity contribution in [3.8, 4) is 5.75 Å². The number of rotatable bonds is 7. The van der Waals surface area contributed by atoms with Crippen molar-refractivity contribution in [1.29, 1.82) is 0 Å². The summed E-state index contributed by atoms with van der Waals surface area (Å²) in [5, 5.41) is 3.32. The van der Waals surface area contributed by atoms with Crippen LogP contribution < -0.4 is 10.1 Å². The van der Waals surface area contributed by atoms with Gasteiger partial charge in [-0.2, -0.15) is 0 Å². The molecule has 0 aliphatic carbocycles. The van der Waals surface area contributed by atoms with E-state index in [1.807, 2.05) is 18.2 Å². The lowest BCUT2D eigenvalue weighted by molar-refractivity contribution is 0.407. The van der Waals surface area contributed by atoms with Gasteiger partial charge in [-0.15, -0.1) is 0 Å². The highest BCUT2D eigenvalue weighted by Crippen LogP contribution is 2.22. The van der Waals surface area contributed by atoms with Crippen molar-refractivity contribution in [2.75, 3.05) is 25.7 Å². The van der Waals surface area contributed by atoms with Crippen LogP contribution in [0.15, 0.2) is 22.7 Å². The Morgan fingerprint density at radius 1 is 1.47 bits per heavy atom. The Labute approximate surface area is 114 Å². The minimum absolute atomic E-state index is 0.695. The molecule has 0 radical (unpaired) electrons. The molecule has 0 saturated heterocycles. The summed E-state index contributed by atoms with van der Waals surface area (Å²) < 4.78 is 17.2. The van der Waals surface area contributed by atoms with Crippen LogP contribution in [0.4, 0.5) is 0 Å². The Balaban J connectivity index is 2.40. The average molecular weight is 320 g/mol. The first kappa shape index (κ1) is 14.7. The van der Waals surface area contributed by atoms with E-state index in [1.54, 1.807) is 13.4 Å². The zero-order valence-corrected chi connectivity index (χ0v) is 12.6. The fraction of sp³-hybridized carbons (Fsp3) is 0.500. The molecule has 1 rings (SSSR count). The number of benzene rings is 1. The smallest absolute Gasteiger partial charge is 0.123 e. The van der Waals surface area contributed by atoms with Gasteiger partial charge in [0.15, 0.2) is 0 Å². The lowest BCUT2D eigenvalue weighted by Gasteiger charge is -2.10. The van der Waals surface area contributed by atoms with E-state index in [1.165, 1.54) is 0 Å². The van der Waals surface area contributed by atoms with E-state index in [0.29, 0.717) is 0 Å². The van der Waals surface area contributed by atoms with E-state index in [9.17, 15) is 4.21 Å². The summed E-state index contributed by atoms with van der Waals surface area (Å²) in [4.78, 5) is 0. The maximum atomic E-state index is 10.9. The van der Waals surface area contributed by atoms with Gasteiger partial charge >= 0.3 is 0 Å². The molecule has 1 unspecified atom stereocenters. The zero-order valence-electron chi connectivity index (χ0n) is 10.2. The third kappa shape index (κ3) is 5.66. The highest BCUT2D eigenvalue weighted by atomic mass is 79.9. The molecule has 17 heavy (non-hydrogen) atoms. The van der Waals surface area contributed by atoms with Crippen molar-refractivity contribution in [1.82, 2.24) is 5.32 Å². The SMILES string of the molecule is COc1ccc(Br)cc1CNCCCS(C)=O. The van der Waals surface area contributed by atoms with Gasteiger partial charge in [0.1, 0.15) is 5.75 Å². The molecule has 0 bridgehead atoms. The number of ether oxygens (including phenoxy) is 1. The molecular weight excluding hydrogens is 302 g/mol. The standard InChI is InChI=1S/C12H18BrNO2S/c1-16-12-5-4-11(13)8-10(12)9-14-6-3-7-17(2)15/h4-5,8,14H,3,6-7,9H2,1-2H3. The second kappa shape index (κ2) is 7.84. The molecule has 1 aromatic rings. The number of halogens is 1. The fourth-order valence-electron chi connectivity index (χ4n) is 1.51. The van der Waals surface area contributed by atoms with Crippen molar-refractivity contribution >= 4 is 26.7 Å². The maximum Gasteiger partial charge on any atom is 0.123 e. The summed E-state index contributed by atoms with van der Waals surface area (Å²) in [5.74, 6) is 1.64. The van der Waals surface area contributed by atoms with Crippen LogP contribution in [0.3, 0.4) is 0 Å². The van der Waals surface area contributed by atoms with E-state index in [-0.39, 0.29) is 0 Å². The van der Waals surface area contributed by atoms with Crippen LogP contribution in [0.5, 0.6) is 5.75 Å². The van der Waals surface area contributed by atoms with Crippen molar-refractivity contribution < 1.29 is 8.95 Å². The van der Waals surface area contributed by atoms with E-state index in [0.717, 1.165) is 41.0 Å². The number of nitrogens with one attached hydrogen (secondary N) is 1. The van der Waals surface area contributed by atoms with Gasteiger partial charge in [-0.1, -0.05) is 15.9 Å². The topological polar surface area (TPSA) is 38.3 Å². The lowest BCUT2D eigenvalue weighted by Crippen LogP contribution is -2.17. The van der Waals surface area contributed by atoms with Crippen LogP contribution >= 0.6 is 15.9 Å². The van der Waals surface area contributed by atoms with E-state index in [4.69, 9.17) is 4.74 Å². The van der Waals surface area contributed by atoms with Crippen LogP contribution in [-0.4, -0.2) is 29.9 Å². The summed E-state index contributed by atoms with van der Waals surface area (Å²) in [6, 6.07) is 5.95. The van der Waals surface area contributed by atoms with Crippen molar-refractivity contribution in [3.05, 3.63) is 28.2 Å². The second-order valence-electron chi connectivity index (χ2n) is 3.76. The van der Waals surface area contributed by atoms with Crippen molar-refractivity contribution in [3.63, 3.8) is 0 Å². The molecule has 1 N–H and O–H groups in total. The van der Waals surface area contributed by atoms with Crippen molar-refractivity contribution in [2.45, 2.75) is 13.0 Å². The van der Waals surface area contributed by atoms with Gasteiger partial charge in [-0.25, -0.2) is 0 Å². The molecule has 5 heteroatoms. The second-order valence-corrected chi connectivity index (χ2v) is 6.23. The Bertz CT molecular complexity index is 385. The van der Waals surface area contributed by atoms with Crippen LogP contribution in [0.2, 0.25) is 0 Å². The number of hydrogen-bond donors (Lipinski definition) is 1. The Kier molecular flexibility index (Phi) is 6.77. The minimum Gasteiger partial charge on any atom is -0.496 e. The van der Waals surface area contributed by atoms with Gasteiger partial charge < -0.3 is 10.1 Å². The summed E-state index contributed by atoms with van der Waals surface area (Å²) in [7, 11) is 0.978. The zero-order chi connectivity index (χ0) is 12.7. The molecule has 0 saturated carbocycles. The summed E-state index contributed by atoms with van der Waals surface area (Å²) >= 11 is 3.44. The van der Waals surface area contributed by atoms with Gasteiger partial charge in [-0.05, 0) is 31.2 Å². The minimum atomic E-state index is -0.695. The molecule has 0 spiro atoms. The fourth-order valence-corrected chi connectivity index (χ4v) is 2.47. The summed E-state index contributed by atoms with van der Waals surface area (Å²) in [6.45, 7) is 1.63. The molecule has 0 amide bonds. The van der Waals surface area contributed by atoms with Crippen LogP contribution in [0.25, 0.3) is 0 Å². The number of methoxy groups -OCH3 is 1. The largest absolute Gasteiger partial charge is 0.496 e. The Hall–Kier alpha value is -0.390. The molecule has 0 fully saturated rings. The highest BCUT2D eigenvalue weighted by Gasteiger charge is 2.03. The van der Waals surface area contributed by atoms with Crippen LogP contribution in [0.1, 0.15) is 12.0 Å². The molecule has 96 valence electrons. The highest BCUT2D eigenvalue weighted by molar-refractivity contribution is 9.10. The maximum absolute atomic E-state index is 10.9. The van der Waals surface area contributed by atoms with Crippen LogP contribution in [0, 0.1) is 0 Å². The normalized spacial score (nSPS) is 12.4. The molecule has 1 atom stereocenters. The average Bonchev–Trinajstić information content (AvgIpc) is 2.28. The quantitative estimate of drug-likeness (QED) is 0.784. The monoisotopic (exact) mass is 319 g/mol. The van der Waals surface area contributed by atoms with E-state index >= 15 is 0 Å². The molecule has 0 heterocycles. The van der Waals surface area contributed by atoms with E-state index in [2.05, 4.69) is 21.2 Å². The molecular formula is C12H18BrNO2S. The summed E-state index contributed by atoms with van der Waals surface area (Å²) in [5.41, 5.74) is 1.12. The Morgan fingerprint density at radius 3 is 2.88 bits per heavy atom. The molecule has 1 aromatic carbocycles. The van der Waals surface area contributed by atoms with Crippen molar-refractivity contribution in [2.24, 2.45) is 0 Å². The third-order valence-corrected chi connectivity index (χ3v) is 3.70. The van der Waals surface area contributed by atoms with Gasteiger partial charge in [0, 0.05) is 39.4 Å². The molecule has 0 aromatic heterocycles. The third-order valence-electron chi connectivity index (χ3n) is 2.34. The van der Waals surface area contributed by atoms with Gasteiger partial charge in [0.25, 0.3) is 0 Å². The predicted molar refractivity (Wildman–Crippen MR) is 76.0 cm³/mol. The first-order chi connectivity index (χ1) is 8.13. The van der Waals surface area contributed by atoms with Crippen LogP contribution in [-0.2, 0) is 17.3 Å². The Morgan fingerprint density at radius 2 is 2.24 bits per heavy atom. The first-order valence-electron chi connectivity index (χ1n) is 5.46. The molecule has 0 aliphatic heterocycles. The number of hydrogen-bond acceptors (Lipinski definition) is 3. The summed E-state index contributed by atoms with van der Waals surface area (Å²) in [6.07, 6.45) is 2.66. The molecule has 3 nitrogen and oxygen atoms in total. The van der Waals surface area contributed by atoms with E-state index < -0.39 is 10.8 Å². The van der Waals surface area contributed by atoms with Gasteiger partial charge in [-0.3, -0.25) is 4.21 Å². The predicted octanol–water partition coefficient (Wildman–Crippen LogP) is 2.32. The molecule has 0 aliphatic rings. The lowest BCUT2D eigenvalue weighted by atomic mass is 10.2.